The lowest BCUT2D eigenvalue weighted by Gasteiger charge is -2.24. The van der Waals surface area contributed by atoms with E-state index in [0.717, 1.165) is 37.5 Å². The van der Waals surface area contributed by atoms with E-state index in [0.29, 0.717) is 0 Å². The molecule has 0 aliphatic carbocycles. The molecule has 0 bridgehead atoms. The number of aromatic nitrogens is 1. The van der Waals surface area contributed by atoms with Crippen LogP contribution in [-0.4, -0.2) is 29.7 Å². The van der Waals surface area contributed by atoms with E-state index in [2.05, 4.69) is 28.4 Å². The number of piperidine rings is 1. The third-order valence-electron chi connectivity index (χ3n) is 3.17. The zero-order valence-corrected chi connectivity index (χ0v) is 10.7. The van der Waals surface area contributed by atoms with Gasteiger partial charge in [0.25, 0.3) is 0 Å². The molecule has 96 valence electrons. The van der Waals surface area contributed by atoms with Gasteiger partial charge in [-0.05, 0) is 38.9 Å². The maximum atomic E-state index is 5.37. The summed E-state index contributed by atoms with van der Waals surface area (Å²) in [5.74, 6) is 1.00. The van der Waals surface area contributed by atoms with Crippen LogP contribution >= 0.6 is 0 Å². The quantitative estimate of drug-likeness (QED) is 0.770. The Morgan fingerprint density at radius 3 is 2.94 bits per heavy atom. The van der Waals surface area contributed by atoms with E-state index in [-0.39, 0.29) is 0 Å². The first-order valence-corrected chi connectivity index (χ1v) is 6.76. The summed E-state index contributed by atoms with van der Waals surface area (Å²) in [4.78, 5) is 2.45. The van der Waals surface area contributed by atoms with Gasteiger partial charge >= 0.3 is 0 Å². The maximum absolute atomic E-state index is 5.37. The topological polar surface area (TPSA) is 41.3 Å². The summed E-state index contributed by atoms with van der Waals surface area (Å²) >= 11 is 0. The Morgan fingerprint density at radius 1 is 1.35 bits per heavy atom. The second-order valence-corrected chi connectivity index (χ2v) is 4.80. The molecule has 4 heteroatoms. The zero-order valence-electron chi connectivity index (χ0n) is 10.7. The van der Waals surface area contributed by atoms with E-state index in [1.54, 1.807) is 0 Å². The van der Waals surface area contributed by atoms with Gasteiger partial charge in [-0.25, -0.2) is 0 Å². The molecule has 0 spiro atoms. The molecule has 1 aromatic heterocycles. The van der Waals surface area contributed by atoms with E-state index < -0.39 is 0 Å². The highest BCUT2D eigenvalue weighted by Gasteiger charge is 2.13. The Morgan fingerprint density at radius 2 is 2.18 bits per heavy atom. The van der Waals surface area contributed by atoms with Crippen LogP contribution < -0.4 is 5.32 Å². The fourth-order valence-corrected chi connectivity index (χ4v) is 2.24. The first kappa shape index (κ1) is 12.6. The van der Waals surface area contributed by atoms with Gasteiger partial charge in [0.05, 0.1) is 12.2 Å². The van der Waals surface area contributed by atoms with E-state index >= 15 is 0 Å². The van der Waals surface area contributed by atoms with Crippen molar-refractivity contribution in [2.45, 2.75) is 45.7 Å². The van der Waals surface area contributed by atoms with Crippen molar-refractivity contribution in [1.29, 1.82) is 0 Å². The molecular formula is C13H23N3O. The zero-order chi connectivity index (χ0) is 11.9. The van der Waals surface area contributed by atoms with Gasteiger partial charge in [-0.15, -0.1) is 0 Å². The van der Waals surface area contributed by atoms with Crippen LogP contribution in [0.25, 0.3) is 0 Å². The van der Waals surface area contributed by atoms with Crippen LogP contribution in [0.5, 0.6) is 0 Å². The summed E-state index contributed by atoms with van der Waals surface area (Å²) in [7, 11) is 0. The average molecular weight is 237 g/mol. The van der Waals surface area contributed by atoms with Crippen LogP contribution in [0, 0.1) is 0 Å². The normalized spacial score (nSPS) is 17.5. The van der Waals surface area contributed by atoms with Gasteiger partial charge in [0.15, 0.2) is 5.76 Å². The molecule has 1 aromatic rings. The molecule has 1 aliphatic heterocycles. The molecule has 0 radical (unpaired) electrons. The predicted octanol–water partition coefficient (Wildman–Crippen LogP) is 2.16. The summed E-state index contributed by atoms with van der Waals surface area (Å²) in [5, 5.41) is 7.42. The van der Waals surface area contributed by atoms with E-state index in [4.69, 9.17) is 4.52 Å². The molecule has 4 nitrogen and oxygen atoms in total. The third kappa shape index (κ3) is 4.13. The fourth-order valence-electron chi connectivity index (χ4n) is 2.24. The minimum absolute atomic E-state index is 0.817. The molecule has 2 rings (SSSR count). The Balaban J connectivity index is 1.76. The van der Waals surface area contributed by atoms with Crippen LogP contribution in [0.1, 0.15) is 44.1 Å². The lowest BCUT2D eigenvalue weighted by molar-refractivity contribution is 0.197. The molecule has 0 atom stereocenters. The monoisotopic (exact) mass is 237 g/mol. The van der Waals surface area contributed by atoms with Crippen molar-refractivity contribution in [1.82, 2.24) is 15.4 Å². The number of likely N-dealkylation sites (tertiary alicyclic amines) is 1. The predicted molar refractivity (Wildman–Crippen MR) is 67.6 cm³/mol. The first-order valence-electron chi connectivity index (χ1n) is 6.76. The smallest absolute Gasteiger partial charge is 0.151 e. The van der Waals surface area contributed by atoms with Gasteiger partial charge in [-0.1, -0.05) is 18.5 Å². The largest absolute Gasteiger partial charge is 0.360 e. The number of nitrogens with zero attached hydrogens (tertiary/aromatic N) is 2. The lowest BCUT2D eigenvalue weighted by Crippen LogP contribution is -2.28. The molecule has 1 N–H and O–H groups in total. The Kier molecular flexibility index (Phi) is 5.01. The molecule has 1 saturated heterocycles. The summed E-state index contributed by atoms with van der Waals surface area (Å²) in [5.41, 5.74) is 1.02. The molecular weight excluding hydrogens is 214 g/mol. The second-order valence-electron chi connectivity index (χ2n) is 4.80. The van der Waals surface area contributed by atoms with Crippen molar-refractivity contribution >= 4 is 0 Å². The van der Waals surface area contributed by atoms with Crippen LogP contribution in [0.4, 0.5) is 0 Å². The highest BCUT2D eigenvalue weighted by Crippen LogP contribution is 2.13. The van der Waals surface area contributed by atoms with E-state index in [1.165, 1.54) is 32.4 Å². The number of hydrogen-bond acceptors (Lipinski definition) is 4. The van der Waals surface area contributed by atoms with Crippen molar-refractivity contribution in [3.05, 3.63) is 17.5 Å². The first-order chi connectivity index (χ1) is 8.38. The van der Waals surface area contributed by atoms with Crippen LogP contribution in [0.15, 0.2) is 10.6 Å². The van der Waals surface area contributed by atoms with Gasteiger partial charge in [0, 0.05) is 12.6 Å². The van der Waals surface area contributed by atoms with Gasteiger partial charge in [-0.3, -0.25) is 4.90 Å². The number of hydrogen-bond donors (Lipinski definition) is 1. The second kappa shape index (κ2) is 6.77. The molecule has 0 unspecified atom stereocenters. The summed E-state index contributed by atoms with van der Waals surface area (Å²) in [6.07, 6.45) is 5.16. The van der Waals surface area contributed by atoms with E-state index in [1.807, 2.05) is 0 Å². The van der Waals surface area contributed by atoms with Gasteiger partial charge in [0.1, 0.15) is 0 Å². The highest BCUT2D eigenvalue weighted by molar-refractivity contribution is 5.05. The van der Waals surface area contributed by atoms with Crippen molar-refractivity contribution in [3.63, 3.8) is 0 Å². The maximum Gasteiger partial charge on any atom is 0.151 e. The minimum Gasteiger partial charge on any atom is -0.360 e. The van der Waals surface area contributed by atoms with Crippen LogP contribution in [-0.2, 0) is 13.1 Å². The fraction of sp³-hybridized carbons (Fsp3) is 0.769. The van der Waals surface area contributed by atoms with Crippen molar-refractivity contribution in [3.8, 4) is 0 Å². The lowest BCUT2D eigenvalue weighted by atomic mass is 10.1. The van der Waals surface area contributed by atoms with Crippen molar-refractivity contribution < 1.29 is 4.52 Å². The molecule has 1 aliphatic rings. The summed E-state index contributed by atoms with van der Waals surface area (Å²) < 4.78 is 5.37. The van der Waals surface area contributed by atoms with Gasteiger partial charge in [0.2, 0.25) is 0 Å². The SMILES string of the molecule is CCCNCc1cc(CN2CCCCC2)on1. The van der Waals surface area contributed by atoms with Gasteiger partial charge < -0.3 is 9.84 Å². The molecule has 2 heterocycles. The summed E-state index contributed by atoms with van der Waals surface area (Å²) in [6, 6.07) is 2.08. The van der Waals surface area contributed by atoms with Crippen molar-refractivity contribution in [2.75, 3.05) is 19.6 Å². The molecule has 0 aromatic carbocycles. The Hall–Kier alpha value is -0.870. The molecule has 1 fully saturated rings. The Bertz CT molecular complexity index is 318. The highest BCUT2D eigenvalue weighted by atomic mass is 16.5. The van der Waals surface area contributed by atoms with Crippen molar-refractivity contribution in [2.24, 2.45) is 0 Å². The number of nitrogens with one attached hydrogen (secondary N) is 1. The third-order valence-corrected chi connectivity index (χ3v) is 3.17. The van der Waals surface area contributed by atoms with Crippen LogP contribution in [0.2, 0.25) is 0 Å². The number of rotatable bonds is 6. The van der Waals surface area contributed by atoms with E-state index in [9.17, 15) is 0 Å². The Labute approximate surface area is 103 Å². The molecule has 0 saturated carbocycles. The van der Waals surface area contributed by atoms with Crippen LogP contribution in [0.3, 0.4) is 0 Å². The molecule has 0 amide bonds. The van der Waals surface area contributed by atoms with Gasteiger partial charge in [-0.2, -0.15) is 0 Å². The standard InChI is InChI=1S/C13H23N3O/c1-2-6-14-10-12-9-13(17-15-12)11-16-7-4-3-5-8-16/h9,14H,2-8,10-11H2,1H3. The summed E-state index contributed by atoms with van der Waals surface area (Å²) in [6.45, 7) is 7.33. The average Bonchev–Trinajstić information content (AvgIpc) is 2.79. The minimum atomic E-state index is 0.817. The molecule has 17 heavy (non-hydrogen) atoms.